The monoisotopic (exact) mass is 388 g/mol. The van der Waals surface area contributed by atoms with Crippen LogP contribution in [0.4, 0.5) is 0 Å². The molecule has 3 aromatic heterocycles. The van der Waals surface area contributed by atoms with Gasteiger partial charge in [-0.25, -0.2) is 0 Å². The number of carbonyl (C=O) groups is 1. The lowest BCUT2D eigenvalue weighted by Crippen LogP contribution is -2.39. The number of carbonyl (C=O) groups excluding carboxylic acids is 1. The first kappa shape index (κ1) is 17.5. The summed E-state index contributed by atoms with van der Waals surface area (Å²) in [6.45, 7) is 1.60. The van der Waals surface area contributed by atoms with Crippen LogP contribution in [0.5, 0.6) is 0 Å². The standard InChI is InChI=1S/C21H20N6O2/c28-19(14-27-13-16-5-1-2-6-17(16)24-27)26-11-8-15(9-12-26)21-23-20(25-29-21)18-7-3-4-10-22-18/h1-7,10,13,15H,8-9,11-12,14H2. The Morgan fingerprint density at radius 1 is 1.10 bits per heavy atom. The zero-order valence-electron chi connectivity index (χ0n) is 15.8. The van der Waals surface area contributed by atoms with Gasteiger partial charge in [0.1, 0.15) is 12.2 Å². The third kappa shape index (κ3) is 3.61. The van der Waals surface area contributed by atoms with Crippen molar-refractivity contribution < 1.29 is 9.32 Å². The third-order valence-electron chi connectivity index (χ3n) is 5.29. The molecule has 8 nitrogen and oxygen atoms in total. The molecule has 146 valence electrons. The number of rotatable bonds is 4. The van der Waals surface area contributed by atoms with Crippen LogP contribution >= 0.6 is 0 Å². The minimum Gasteiger partial charge on any atom is -0.341 e. The highest BCUT2D eigenvalue weighted by molar-refractivity contribution is 5.80. The Hall–Kier alpha value is -3.55. The predicted octanol–water partition coefficient (Wildman–Crippen LogP) is 2.89. The molecule has 8 heteroatoms. The van der Waals surface area contributed by atoms with Gasteiger partial charge in [-0.3, -0.25) is 14.5 Å². The van der Waals surface area contributed by atoms with Crippen molar-refractivity contribution >= 4 is 16.8 Å². The van der Waals surface area contributed by atoms with Crippen molar-refractivity contribution in [2.75, 3.05) is 13.1 Å². The summed E-state index contributed by atoms with van der Waals surface area (Å²) in [5.41, 5.74) is 1.60. The van der Waals surface area contributed by atoms with Crippen LogP contribution in [0.15, 0.2) is 59.4 Å². The lowest BCUT2D eigenvalue weighted by atomic mass is 9.96. The molecule has 4 aromatic rings. The van der Waals surface area contributed by atoms with Gasteiger partial charge >= 0.3 is 0 Å². The quantitative estimate of drug-likeness (QED) is 0.534. The number of hydrogen-bond donors (Lipinski definition) is 0. The van der Waals surface area contributed by atoms with Crippen molar-refractivity contribution in [2.45, 2.75) is 25.3 Å². The summed E-state index contributed by atoms with van der Waals surface area (Å²) in [6.07, 6.45) is 5.23. The van der Waals surface area contributed by atoms with Crippen molar-refractivity contribution in [1.82, 2.24) is 29.8 Å². The van der Waals surface area contributed by atoms with Crippen LogP contribution in [0.1, 0.15) is 24.7 Å². The van der Waals surface area contributed by atoms with E-state index < -0.39 is 0 Å². The van der Waals surface area contributed by atoms with E-state index in [0.29, 0.717) is 30.5 Å². The van der Waals surface area contributed by atoms with Crippen LogP contribution in [-0.2, 0) is 11.3 Å². The molecule has 1 aliphatic heterocycles. The molecule has 1 fully saturated rings. The van der Waals surface area contributed by atoms with Crippen LogP contribution in [-0.4, -0.2) is 48.8 Å². The Morgan fingerprint density at radius 2 is 1.93 bits per heavy atom. The van der Waals surface area contributed by atoms with E-state index in [0.717, 1.165) is 23.7 Å². The third-order valence-corrected chi connectivity index (χ3v) is 5.29. The summed E-state index contributed by atoms with van der Waals surface area (Å²) in [5, 5.41) is 9.56. The summed E-state index contributed by atoms with van der Waals surface area (Å²) in [4.78, 5) is 23.3. The van der Waals surface area contributed by atoms with Gasteiger partial charge in [0, 0.05) is 36.8 Å². The molecule has 0 N–H and O–H groups in total. The maximum Gasteiger partial charge on any atom is 0.244 e. The van der Waals surface area contributed by atoms with Crippen LogP contribution in [0.3, 0.4) is 0 Å². The molecule has 4 heterocycles. The number of aromatic nitrogens is 5. The summed E-state index contributed by atoms with van der Waals surface area (Å²) in [7, 11) is 0. The molecule has 1 saturated heterocycles. The molecule has 0 aliphatic carbocycles. The molecule has 1 aromatic carbocycles. The van der Waals surface area contributed by atoms with Gasteiger partial charge in [0.05, 0.1) is 5.52 Å². The van der Waals surface area contributed by atoms with Gasteiger partial charge in [-0.05, 0) is 31.0 Å². The molecule has 1 amide bonds. The number of benzene rings is 1. The molecule has 0 atom stereocenters. The minimum atomic E-state index is 0.0796. The summed E-state index contributed by atoms with van der Waals surface area (Å²) >= 11 is 0. The second kappa shape index (κ2) is 7.46. The van der Waals surface area contributed by atoms with Gasteiger partial charge in [-0.2, -0.15) is 10.1 Å². The lowest BCUT2D eigenvalue weighted by Gasteiger charge is -2.30. The number of pyridine rings is 1. The van der Waals surface area contributed by atoms with Crippen LogP contribution in [0, 0.1) is 0 Å². The largest absolute Gasteiger partial charge is 0.341 e. The molecule has 0 bridgehead atoms. The number of nitrogens with zero attached hydrogens (tertiary/aromatic N) is 6. The number of fused-ring (bicyclic) bond motifs is 1. The van der Waals surface area contributed by atoms with E-state index in [1.807, 2.05) is 53.6 Å². The van der Waals surface area contributed by atoms with Crippen LogP contribution in [0.25, 0.3) is 22.4 Å². The molecular formula is C21H20N6O2. The lowest BCUT2D eigenvalue weighted by molar-refractivity contribution is -0.133. The molecule has 5 rings (SSSR count). The molecule has 0 saturated carbocycles. The highest BCUT2D eigenvalue weighted by atomic mass is 16.5. The molecule has 29 heavy (non-hydrogen) atoms. The second-order valence-electron chi connectivity index (χ2n) is 7.21. The number of amides is 1. The first-order valence-corrected chi connectivity index (χ1v) is 9.71. The van der Waals surface area contributed by atoms with Gasteiger partial charge in [-0.15, -0.1) is 0 Å². The van der Waals surface area contributed by atoms with Gasteiger partial charge in [0.2, 0.25) is 17.6 Å². The van der Waals surface area contributed by atoms with Gasteiger partial charge in [0.15, 0.2) is 0 Å². The summed E-state index contributed by atoms with van der Waals surface area (Å²) < 4.78 is 7.18. The fraction of sp³-hybridized carbons (Fsp3) is 0.286. The molecule has 0 radical (unpaired) electrons. The van der Waals surface area contributed by atoms with Crippen molar-refractivity contribution in [3.05, 3.63) is 60.7 Å². The fourth-order valence-corrected chi connectivity index (χ4v) is 3.71. The van der Waals surface area contributed by atoms with E-state index in [1.165, 1.54) is 0 Å². The first-order chi connectivity index (χ1) is 14.3. The molecule has 0 spiro atoms. The maximum atomic E-state index is 12.7. The van der Waals surface area contributed by atoms with E-state index in [1.54, 1.807) is 10.9 Å². The van der Waals surface area contributed by atoms with E-state index in [9.17, 15) is 4.79 Å². The Balaban J connectivity index is 1.20. The summed E-state index contributed by atoms with van der Waals surface area (Å²) in [6, 6.07) is 13.5. The summed E-state index contributed by atoms with van der Waals surface area (Å²) in [5.74, 6) is 1.37. The Labute approximate surface area is 167 Å². The van der Waals surface area contributed by atoms with Crippen molar-refractivity contribution in [3.63, 3.8) is 0 Å². The number of hydrogen-bond acceptors (Lipinski definition) is 6. The zero-order chi connectivity index (χ0) is 19.6. The Bertz CT molecular complexity index is 1100. The fourth-order valence-electron chi connectivity index (χ4n) is 3.71. The smallest absolute Gasteiger partial charge is 0.244 e. The highest BCUT2D eigenvalue weighted by Crippen LogP contribution is 2.28. The van der Waals surface area contributed by atoms with E-state index >= 15 is 0 Å². The van der Waals surface area contributed by atoms with Crippen LogP contribution < -0.4 is 0 Å². The van der Waals surface area contributed by atoms with E-state index in [-0.39, 0.29) is 18.4 Å². The maximum absolute atomic E-state index is 12.7. The average Bonchev–Trinajstić information content (AvgIpc) is 3.41. The SMILES string of the molecule is O=C(Cn1cc2ccccc2n1)N1CCC(c2nc(-c3ccccn3)no2)CC1. The van der Waals surface area contributed by atoms with E-state index in [4.69, 9.17) is 4.52 Å². The zero-order valence-corrected chi connectivity index (χ0v) is 15.8. The Morgan fingerprint density at radius 3 is 2.72 bits per heavy atom. The van der Waals surface area contributed by atoms with Gasteiger partial charge < -0.3 is 9.42 Å². The van der Waals surface area contributed by atoms with Crippen molar-refractivity contribution in [3.8, 4) is 11.5 Å². The van der Waals surface area contributed by atoms with E-state index in [2.05, 4.69) is 20.2 Å². The first-order valence-electron chi connectivity index (χ1n) is 9.71. The molecule has 0 unspecified atom stereocenters. The average molecular weight is 388 g/mol. The topological polar surface area (TPSA) is 89.9 Å². The van der Waals surface area contributed by atoms with Gasteiger partial charge in [0.25, 0.3) is 0 Å². The highest BCUT2D eigenvalue weighted by Gasteiger charge is 2.28. The van der Waals surface area contributed by atoms with Crippen molar-refractivity contribution in [1.29, 1.82) is 0 Å². The Kier molecular flexibility index (Phi) is 4.51. The minimum absolute atomic E-state index is 0.0796. The second-order valence-corrected chi connectivity index (χ2v) is 7.21. The predicted molar refractivity (Wildman–Crippen MR) is 106 cm³/mol. The normalized spacial score (nSPS) is 15.1. The number of piperidine rings is 1. The van der Waals surface area contributed by atoms with Crippen molar-refractivity contribution in [2.24, 2.45) is 0 Å². The van der Waals surface area contributed by atoms with Crippen LogP contribution in [0.2, 0.25) is 0 Å². The molecule has 1 aliphatic rings. The number of likely N-dealkylation sites (tertiary alicyclic amines) is 1. The molecular weight excluding hydrogens is 368 g/mol. The van der Waals surface area contributed by atoms with Gasteiger partial charge in [-0.1, -0.05) is 29.4 Å².